The third-order valence-corrected chi connectivity index (χ3v) is 4.22. The van der Waals surface area contributed by atoms with Crippen LogP contribution >= 0.6 is 0 Å². The third kappa shape index (κ3) is 2.35. The summed E-state index contributed by atoms with van der Waals surface area (Å²) >= 11 is 0. The Bertz CT molecular complexity index is 429. The largest absolute Gasteiger partial charge is 0.299 e. The number of carbonyl (C=O) groups is 1. The van der Waals surface area contributed by atoms with E-state index in [9.17, 15) is 9.70 Å². The molecule has 3 heteroatoms. The van der Waals surface area contributed by atoms with Gasteiger partial charge >= 0.3 is 0 Å². The fourth-order valence-electron chi connectivity index (χ4n) is 3.01. The van der Waals surface area contributed by atoms with Crippen LogP contribution in [0.2, 0.25) is 0 Å². The Kier molecular flexibility index (Phi) is 3.90. The van der Waals surface area contributed by atoms with Gasteiger partial charge in [0.2, 0.25) is 0 Å². The van der Waals surface area contributed by atoms with Crippen molar-refractivity contribution in [3.05, 3.63) is 40.8 Å². The second-order valence-corrected chi connectivity index (χ2v) is 5.32. The maximum absolute atomic E-state index is 12.3. The minimum absolute atomic E-state index is 0.0796. The van der Waals surface area contributed by atoms with Gasteiger partial charge in [-0.05, 0) is 18.4 Å². The number of nitrogens with zero attached hydrogens (tertiary/aromatic N) is 1. The second-order valence-electron chi connectivity index (χ2n) is 5.32. The van der Waals surface area contributed by atoms with Gasteiger partial charge in [0, 0.05) is 17.8 Å². The summed E-state index contributed by atoms with van der Waals surface area (Å²) < 4.78 is 0. The van der Waals surface area contributed by atoms with Crippen molar-refractivity contribution in [2.75, 3.05) is 6.54 Å². The summed E-state index contributed by atoms with van der Waals surface area (Å²) in [5.74, 6) is 0.204. The third-order valence-electron chi connectivity index (χ3n) is 4.22. The lowest BCUT2D eigenvalue weighted by atomic mass is 9.64. The molecule has 2 atom stereocenters. The van der Waals surface area contributed by atoms with Crippen molar-refractivity contribution >= 4 is 5.78 Å². The van der Waals surface area contributed by atoms with E-state index in [4.69, 9.17) is 0 Å². The van der Waals surface area contributed by atoms with E-state index in [1.54, 1.807) is 0 Å². The molecule has 3 nitrogen and oxygen atoms in total. The lowest BCUT2D eigenvalue weighted by Crippen LogP contribution is -2.38. The van der Waals surface area contributed by atoms with Gasteiger partial charge in [-0.1, -0.05) is 48.9 Å². The molecule has 0 unspecified atom stereocenters. The van der Waals surface area contributed by atoms with Gasteiger partial charge < -0.3 is 0 Å². The molecule has 0 N–H and O–H groups in total. The molecular weight excluding hydrogens is 226 g/mol. The molecule has 0 heterocycles. The summed E-state index contributed by atoms with van der Waals surface area (Å²) in [6, 6.07) is 9.82. The zero-order valence-corrected chi connectivity index (χ0v) is 10.8. The van der Waals surface area contributed by atoms with E-state index < -0.39 is 5.41 Å². The zero-order valence-electron chi connectivity index (χ0n) is 10.8. The predicted octanol–water partition coefficient (Wildman–Crippen LogP) is 3.69. The molecule has 0 aromatic heterocycles. The smallest absolute Gasteiger partial charge is 0.139 e. The summed E-state index contributed by atoms with van der Waals surface area (Å²) in [5, 5.41) is 3.07. The molecule has 0 bridgehead atoms. The summed E-state index contributed by atoms with van der Waals surface area (Å²) in [7, 11) is 0. The highest BCUT2D eigenvalue weighted by Crippen LogP contribution is 2.44. The van der Waals surface area contributed by atoms with Crippen molar-refractivity contribution in [3.63, 3.8) is 0 Å². The first-order valence-corrected chi connectivity index (χ1v) is 6.56. The number of Topliss-reactive ketones (excluding diaryl/α,β-unsaturated/α-hetero) is 1. The molecule has 96 valence electrons. The maximum atomic E-state index is 12.3. The molecule has 1 saturated carbocycles. The highest BCUT2D eigenvalue weighted by Gasteiger charge is 2.42. The van der Waals surface area contributed by atoms with Crippen LogP contribution in [0.15, 0.2) is 35.5 Å². The van der Waals surface area contributed by atoms with E-state index in [-0.39, 0.29) is 18.2 Å². The van der Waals surface area contributed by atoms with Gasteiger partial charge in [0.05, 0.1) is 6.54 Å². The van der Waals surface area contributed by atoms with Crippen LogP contribution in [-0.2, 0) is 4.79 Å². The second kappa shape index (κ2) is 5.42. The fourth-order valence-corrected chi connectivity index (χ4v) is 3.01. The first kappa shape index (κ1) is 12.9. The first-order chi connectivity index (χ1) is 8.68. The van der Waals surface area contributed by atoms with Crippen LogP contribution in [0.25, 0.3) is 0 Å². The number of hydrogen-bond donors (Lipinski definition) is 0. The minimum Gasteiger partial charge on any atom is -0.299 e. The maximum Gasteiger partial charge on any atom is 0.139 e. The van der Waals surface area contributed by atoms with E-state index >= 15 is 0 Å². The Labute approximate surface area is 108 Å². The summed E-state index contributed by atoms with van der Waals surface area (Å²) in [5.41, 5.74) is 0.628. The number of benzene rings is 1. The van der Waals surface area contributed by atoms with E-state index in [0.717, 1.165) is 24.8 Å². The number of carbonyl (C=O) groups excluding carboxylic acids is 1. The van der Waals surface area contributed by atoms with Crippen LogP contribution in [0, 0.1) is 10.3 Å². The lowest BCUT2D eigenvalue weighted by Gasteiger charge is -2.38. The topological polar surface area (TPSA) is 46.5 Å². The highest BCUT2D eigenvalue weighted by molar-refractivity contribution is 5.86. The van der Waals surface area contributed by atoms with Crippen LogP contribution in [-0.4, -0.2) is 12.3 Å². The Morgan fingerprint density at radius 1 is 1.28 bits per heavy atom. The van der Waals surface area contributed by atoms with Crippen molar-refractivity contribution in [1.29, 1.82) is 0 Å². The Hall–Kier alpha value is -1.51. The number of ketones is 1. The molecule has 1 aliphatic rings. The Balaban J connectivity index is 2.35. The highest BCUT2D eigenvalue weighted by atomic mass is 16.3. The average Bonchev–Trinajstić information content (AvgIpc) is 2.40. The van der Waals surface area contributed by atoms with E-state index in [2.05, 4.69) is 5.18 Å². The van der Waals surface area contributed by atoms with E-state index in [0.29, 0.717) is 6.42 Å². The minimum atomic E-state index is -0.423. The molecule has 2 rings (SSSR count). The Morgan fingerprint density at radius 3 is 2.61 bits per heavy atom. The van der Waals surface area contributed by atoms with Gasteiger partial charge in [0.1, 0.15) is 5.78 Å². The monoisotopic (exact) mass is 245 g/mol. The molecular formula is C15H19NO2. The Morgan fingerprint density at radius 2 is 2.00 bits per heavy atom. The SMILES string of the molecule is C[C@@]1([C@@H](CN=O)c2ccccc2)CCCCC1=O. The summed E-state index contributed by atoms with van der Waals surface area (Å²) in [4.78, 5) is 23.0. The molecule has 18 heavy (non-hydrogen) atoms. The molecule has 1 aromatic rings. The first-order valence-electron chi connectivity index (χ1n) is 6.56. The lowest BCUT2D eigenvalue weighted by molar-refractivity contribution is -0.131. The van der Waals surface area contributed by atoms with E-state index in [1.807, 2.05) is 37.3 Å². The standard InChI is InChI=1S/C15H19NO2/c1-15(10-6-5-9-14(15)17)13(11-16-18)12-7-3-2-4-8-12/h2-4,7-8,13H,5-6,9-11H2,1H3/t13-,15-/m0/s1. The van der Waals surface area contributed by atoms with Gasteiger partial charge in [-0.3, -0.25) is 4.79 Å². The fraction of sp³-hybridized carbons (Fsp3) is 0.533. The molecule has 0 spiro atoms. The average molecular weight is 245 g/mol. The molecule has 1 aromatic carbocycles. The van der Waals surface area contributed by atoms with Gasteiger partial charge in [0.25, 0.3) is 0 Å². The van der Waals surface area contributed by atoms with Crippen LogP contribution in [0.1, 0.15) is 44.1 Å². The number of hydrogen-bond acceptors (Lipinski definition) is 3. The molecule has 1 aliphatic carbocycles. The number of rotatable bonds is 4. The van der Waals surface area contributed by atoms with Gasteiger partial charge in [-0.25, -0.2) is 0 Å². The van der Waals surface area contributed by atoms with Crippen molar-refractivity contribution in [3.8, 4) is 0 Å². The molecule has 0 aliphatic heterocycles. The van der Waals surface area contributed by atoms with Crippen molar-refractivity contribution in [1.82, 2.24) is 0 Å². The van der Waals surface area contributed by atoms with E-state index in [1.165, 1.54) is 0 Å². The molecule has 1 fully saturated rings. The summed E-state index contributed by atoms with van der Waals surface area (Å²) in [6.07, 6.45) is 3.54. The van der Waals surface area contributed by atoms with Gasteiger partial charge in [0.15, 0.2) is 0 Å². The summed E-state index contributed by atoms with van der Waals surface area (Å²) in [6.45, 7) is 2.18. The molecule has 0 saturated heterocycles. The zero-order chi connectivity index (χ0) is 13.0. The van der Waals surface area contributed by atoms with Gasteiger partial charge in [-0.15, -0.1) is 0 Å². The molecule has 0 radical (unpaired) electrons. The van der Waals surface area contributed by atoms with Crippen molar-refractivity contribution < 1.29 is 4.79 Å². The van der Waals surface area contributed by atoms with Crippen LogP contribution in [0.3, 0.4) is 0 Å². The van der Waals surface area contributed by atoms with Crippen LogP contribution in [0.5, 0.6) is 0 Å². The predicted molar refractivity (Wildman–Crippen MR) is 71.4 cm³/mol. The normalized spacial score (nSPS) is 25.7. The van der Waals surface area contributed by atoms with Crippen LogP contribution in [0.4, 0.5) is 0 Å². The van der Waals surface area contributed by atoms with Crippen LogP contribution < -0.4 is 0 Å². The molecule has 0 amide bonds. The van der Waals surface area contributed by atoms with Crippen molar-refractivity contribution in [2.45, 2.75) is 38.5 Å². The quantitative estimate of drug-likeness (QED) is 0.759. The van der Waals surface area contributed by atoms with Crippen molar-refractivity contribution in [2.24, 2.45) is 10.6 Å². The number of nitroso groups, excluding NO2 is 1. The van der Waals surface area contributed by atoms with Gasteiger partial charge in [-0.2, -0.15) is 4.91 Å².